The van der Waals surface area contributed by atoms with Crippen molar-refractivity contribution in [3.05, 3.63) is 38.5 Å². The maximum atomic E-state index is 12.3. The van der Waals surface area contributed by atoms with Crippen molar-refractivity contribution in [3.63, 3.8) is 0 Å². The fourth-order valence-corrected chi connectivity index (χ4v) is 4.02. The molecule has 1 unspecified atom stereocenters. The minimum atomic E-state index is -0.114. The van der Waals surface area contributed by atoms with Gasteiger partial charge in [0.2, 0.25) is 0 Å². The van der Waals surface area contributed by atoms with Gasteiger partial charge < -0.3 is 11.1 Å². The lowest BCUT2D eigenvalue weighted by Gasteiger charge is -2.29. The van der Waals surface area contributed by atoms with Crippen LogP contribution in [-0.2, 0) is 6.42 Å². The van der Waals surface area contributed by atoms with Crippen molar-refractivity contribution < 1.29 is 4.79 Å². The van der Waals surface area contributed by atoms with Gasteiger partial charge in [-0.05, 0) is 42.0 Å². The van der Waals surface area contributed by atoms with Crippen LogP contribution in [0.15, 0.2) is 22.2 Å². The van der Waals surface area contributed by atoms with Gasteiger partial charge in [-0.3, -0.25) is 9.69 Å². The highest BCUT2D eigenvalue weighted by Gasteiger charge is 2.20. The van der Waals surface area contributed by atoms with E-state index in [1.54, 1.807) is 16.7 Å². The number of thiazole rings is 1. The Balaban J connectivity index is 0.00000288. The third-order valence-electron chi connectivity index (χ3n) is 3.78. The zero-order valence-corrected chi connectivity index (χ0v) is 17.7. The van der Waals surface area contributed by atoms with E-state index >= 15 is 0 Å². The second-order valence-corrected chi connectivity index (χ2v) is 6.89. The summed E-state index contributed by atoms with van der Waals surface area (Å²) in [6, 6.07) is 2.32. The Bertz CT molecular complexity index is 603. The summed E-state index contributed by atoms with van der Waals surface area (Å²) in [6.45, 7) is 7.32. The van der Waals surface area contributed by atoms with Gasteiger partial charge in [-0.15, -0.1) is 36.2 Å². The molecular formula is C16H26Cl2N4OS2. The first-order chi connectivity index (χ1) is 11.2. The van der Waals surface area contributed by atoms with E-state index in [0.29, 0.717) is 18.8 Å². The molecule has 2 heterocycles. The minimum absolute atomic E-state index is 0. The molecule has 5 nitrogen and oxygen atoms in total. The number of hydrogen-bond acceptors (Lipinski definition) is 6. The Morgan fingerprint density at radius 1 is 1.32 bits per heavy atom. The summed E-state index contributed by atoms with van der Waals surface area (Å²) in [5.74, 6) is -0.114. The van der Waals surface area contributed by atoms with Gasteiger partial charge >= 0.3 is 0 Å². The van der Waals surface area contributed by atoms with Gasteiger partial charge in [-0.25, -0.2) is 4.98 Å². The molecule has 0 saturated heterocycles. The average Bonchev–Trinajstić information content (AvgIpc) is 3.23. The lowest BCUT2D eigenvalue weighted by atomic mass is 10.1. The number of amides is 1. The second kappa shape index (κ2) is 12.6. The summed E-state index contributed by atoms with van der Waals surface area (Å²) in [4.78, 5) is 19.0. The standard InChI is InChI=1S/C16H24N4OS2.2ClH/c1-3-20(4-2)14(12-6-8-22-10-12)9-18-16(21)13-11-23-15(19-13)5-7-17;;/h6,8,10-11,14H,3-5,7,9,17H2,1-2H3,(H,18,21);2*1H. The third-order valence-corrected chi connectivity index (χ3v) is 5.39. The van der Waals surface area contributed by atoms with Crippen LogP contribution < -0.4 is 11.1 Å². The highest BCUT2D eigenvalue weighted by Crippen LogP contribution is 2.22. The number of thiophene rings is 1. The number of nitrogens with one attached hydrogen (secondary N) is 1. The van der Waals surface area contributed by atoms with Gasteiger partial charge in [0.05, 0.1) is 11.0 Å². The van der Waals surface area contributed by atoms with E-state index < -0.39 is 0 Å². The highest BCUT2D eigenvalue weighted by molar-refractivity contribution is 7.09. The first-order valence-electron chi connectivity index (χ1n) is 7.88. The van der Waals surface area contributed by atoms with E-state index in [1.807, 2.05) is 0 Å². The topological polar surface area (TPSA) is 71.2 Å². The lowest BCUT2D eigenvalue weighted by molar-refractivity contribution is 0.0930. The maximum absolute atomic E-state index is 12.3. The number of aromatic nitrogens is 1. The van der Waals surface area contributed by atoms with Crippen molar-refractivity contribution in [1.29, 1.82) is 0 Å². The molecule has 0 saturated carbocycles. The smallest absolute Gasteiger partial charge is 0.270 e. The SMILES string of the molecule is CCN(CC)C(CNC(=O)c1csc(CCN)n1)c1ccsc1.Cl.Cl. The Kier molecular flexibility index (Phi) is 12.3. The zero-order valence-electron chi connectivity index (χ0n) is 14.4. The molecule has 2 aromatic heterocycles. The van der Waals surface area contributed by atoms with E-state index in [4.69, 9.17) is 5.73 Å². The number of carbonyl (C=O) groups is 1. The second-order valence-electron chi connectivity index (χ2n) is 5.17. The fourth-order valence-electron chi connectivity index (χ4n) is 2.52. The number of carbonyl (C=O) groups excluding carboxylic acids is 1. The first-order valence-corrected chi connectivity index (χ1v) is 9.70. The van der Waals surface area contributed by atoms with Crippen molar-refractivity contribution in [3.8, 4) is 0 Å². The number of hydrogen-bond donors (Lipinski definition) is 2. The highest BCUT2D eigenvalue weighted by atomic mass is 35.5. The molecule has 1 atom stereocenters. The molecule has 0 aliphatic heterocycles. The molecular weight excluding hydrogens is 399 g/mol. The fraction of sp³-hybridized carbons (Fsp3) is 0.500. The Morgan fingerprint density at radius 2 is 2.04 bits per heavy atom. The van der Waals surface area contributed by atoms with Crippen LogP contribution >= 0.6 is 47.5 Å². The van der Waals surface area contributed by atoms with Crippen LogP contribution in [0.1, 0.15) is 40.9 Å². The molecule has 0 aromatic carbocycles. The zero-order chi connectivity index (χ0) is 16.7. The van der Waals surface area contributed by atoms with Crippen molar-refractivity contribution in [2.45, 2.75) is 26.3 Å². The number of rotatable bonds is 9. The summed E-state index contributed by atoms with van der Waals surface area (Å²) >= 11 is 3.17. The summed E-state index contributed by atoms with van der Waals surface area (Å²) < 4.78 is 0. The van der Waals surface area contributed by atoms with Gasteiger partial charge in [-0.2, -0.15) is 11.3 Å². The molecule has 0 aliphatic carbocycles. The molecule has 3 N–H and O–H groups in total. The Hall–Kier alpha value is -0.700. The van der Waals surface area contributed by atoms with Crippen LogP contribution in [0.2, 0.25) is 0 Å². The molecule has 0 radical (unpaired) electrons. The van der Waals surface area contributed by atoms with E-state index in [9.17, 15) is 4.79 Å². The van der Waals surface area contributed by atoms with E-state index in [1.165, 1.54) is 16.9 Å². The summed E-state index contributed by atoms with van der Waals surface area (Å²) in [5, 5.41) is 9.97. The number of likely N-dealkylation sites (N-methyl/N-ethyl adjacent to an activating group) is 1. The number of nitrogens with two attached hydrogens (primary N) is 1. The maximum Gasteiger partial charge on any atom is 0.270 e. The molecule has 25 heavy (non-hydrogen) atoms. The van der Waals surface area contributed by atoms with Crippen LogP contribution in [0.25, 0.3) is 0 Å². The van der Waals surface area contributed by atoms with E-state index in [0.717, 1.165) is 24.5 Å². The predicted molar refractivity (Wildman–Crippen MR) is 112 cm³/mol. The molecule has 0 spiro atoms. The number of nitrogens with zero attached hydrogens (tertiary/aromatic N) is 2. The minimum Gasteiger partial charge on any atom is -0.349 e. The summed E-state index contributed by atoms with van der Waals surface area (Å²) in [6.07, 6.45) is 0.717. The molecule has 0 aliphatic rings. The number of halogens is 2. The predicted octanol–water partition coefficient (Wildman–Crippen LogP) is 3.36. The van der Waals surface area contributed by atoms with Gasteiger partial charge in [0.15, 0.2) is 0 Å². The van der Waals surface area contributed by atoms with Gasteiger partial charge in [0.25, 0.3) is 5.91 Å². The van der Waals surface area contributed by atoms with Crippen LogP contribution in [-0.4, -0.2) is 42.0 Å². The van der Waals surface area contributed by atoms with Gasteiger partial charge in [0, 0.05) is 18.3 Å². The first kappa shape index (κ1) is 24.3. The van der Waals surface area contributed by atoms with Gasteiger partial charge in [-0.1, -0.05) is 13.8 Å². The Morgan fingerprint density at radius 3 is 2.60 bits per heavy atom. The van der Waals surface area contributed by atoms with E-state index in [2.05, 4.69) is 45.9 Å². The van der Waals surface area contributed by atoms with Crippen LogP contribution in [0.3, 0.4) is 0 Å². The van der Waals surface area contributed by atoms with E-state index in [-0.39, 0.29) is 36.8 Å². The summed E-state index contributed by atoms with van der Waals surface area (Å²) in [5.41, 5.74) is 7.26. The third kappa shape index (κ3) is 6.84. The van der Waals surface area contributed by atoms with Crippen LogP contribution in [0, 0.1) is 0 Å². The van der Waals surface area contributed by atoms with Crippen molar-refractivity contribution in [1.82, 2.24) is 15.2 Å². The molecule has 142 valence electrons. The molecule has 0 fully saturated rings. The lowest BCUT2D eigenvalue weighted by Crippen LogP contribution is -2.38. The van der Waals surface area contributed by atoms with Crippen molar-refractivity contribution in [2.75, 3.05) is 26.2 Å². The van der Waals surface area contributed by atoms with Gasteiger partial charge in [0.1, 0.15) is 5.69 Å². The Labute approximate surface area is 169 Å². The quantitative estimate of drug-likeness (QED) is 0.646. The molecule has 0 bridgehead atoms. The van der Waals surface area contributed by atoms with Crippen LogP contribution in [0.4, 0.5) is 0 Å². The summed E-state index contributed by atoms with van der Waals surface area (Å²) in [7, 11) is 0. The van der Waals surface area contributed by atoms with Crippen LogP contribution in [0.5, 0.6) is 0 Å². The normalized spacial score (nSPS) is 11.5. The van der Waals surface area contributed by atoms with Crippen molar-refractivity contribution >= 4 is 53.4 Å². The molecule has 9 heteroatoms. The monoisotopic (exact) mass is 424 g/mol. The van der Waals surface area contributed by atoms with Crippen molar-refractivity contribution in [2.24, 2.45) is 5.73 Å². The average molecular weight is 425 g/mol. The molecule has 1 amide bonds. The largest absolute Gasteiger partial charge is 0.349 e. The molecule has 2 rings (SSSR count). The molecule has 2 aromatic rings.